The molecule has 3 saturated carbocycles. The smallest absolute Gasteiger partial charge is 0.132 e. The maximum Gasteiger partial charge on any atom is 0.132 e. The molecule has 8 nitrogen and oxygen atoms in total. The van der Waals surface area contributed by atoms with E-state index in [9.17, 15) is 24.0 Å². The second-order valence-corrected chi connectivity index (χ2v) is 16.6. The molecule has 352 valence electrons. The van der Waals surface area contributed by atoms with E-state index in [4.69, 9.17) is 0 Å². The van der Waals surface area contributed by atoms with E-state index in [1.165, 1.54) is 77.0 Å². The fourth-order valence-corrected chi connectivity index (χ4v) is 8.14. The summed E-state index contributed by atoms with van der Waals surface area (Å²) < 4.78 is 0. The summed E-state index contributed by atoms with van der Waals surface area (Å²) in [6, 6.07) is 1.36. The van der Waals surface area contributed by atoms with E-state index in [1.54, 1.807) is 34.6 Å². The van der Waals surface area contributed by atoms with Crippen LogP contribution in [0.25, 0.3) is 0 Å². The monoisotopic (exact) mass is 830 g/mol. The van der Waals surface area contributed by atoms with Crippen molar-refractivity contribution < 1.29 is 24.0 Å². The third-order valence-corrected chi connectivity index (χ3v) is 11.7. The summed E-state index contributed by atoms with van der Waals surface area (Å²) in [5, 5.41) is 6.54. The number of likely N-dealkylation sites (tertiary alicyclic amines) is 1. The number of hydrogen-bond donors (Lipinski definition) is 2. The second kappa shape index (κ2) is 43.3. The zero-order valence-corrected chi connectivity index (χ0v) is 35.6. The van der Waals surface area contributed by atoms with Crippen LogP contribution in [0.1, 0.15) is 221 Å². The number of nitrogens with one attached hydrogen (secondary N) is 2. The summed E-state index contributed by atoms with van der Waals surface area (Å²) in [5.41, 5.74) is 0. The summed E-state index contributed by atoms with van der Waals surface area (Å²) in [7, 11) is 6.17. The molecule has 0 atom stereocenters. The lowest BCUT2D eigenvalue weighted by molar-refractivity contribution is -0.122. The highest BCUT2D eigenvalue weighted by Gasteiger charge is 2.24. The Bertz CT molecular complexity index is 970. The van der Waals surface area contributed by atoms with E-state index in [2.05, 4.69) is 29.5 Å². The number of rotatable bonds is 12. The van der Waals surface area contributed by atoms with E-state index in [-0.39, 0.29) is 50.3 Å². The topological polar surface area (TPSA) is 113 Å². The van der Waals surface area contributed by atoms with Crippen LogP contribution in [0.4, 0.5) is 0 Å². The van der Waals surface area contributed by atoms with Crippen molar-refractivity contribution in [2.75, 3.05) is 34.2 Å². The molecule has 1 aliphatic heterocycles. The number of carbonyl (C=O) groups is 5. The van der Waals surface area contributed by atoms with Crippen LogP contribution in [-0.4, -0.2) is 80.1 Å². The maximum atomic E-state index is 11.1. The van der Waals surface area contributed by atoms with Gasteiger partial charge < -0.3 is 29.9 Å². The van der Waals surface area contributed by atoms with Crippen LogP contribution < -0.4 is 10.6 Å². The van der Waals surface area contributed by atoms with Crippen molar-refractivity contribution in [2.24, 2.45) is 29.6 Å². The Morgan fingerprint density at radius 3 is 1.07 bits per heavy atom. The molecule has 3 aliphatic carbocycles. The van der Waals surface area contributed by atoms with Crippen LogP contribution in [0, 0.1) is 29.6 Å². The van der Waals surface area contributed by atoms with Crippen LogP contribution >= 0.6 is 0 Å². The van der Waals surface area contributed by atoms with Gasteiger partial charge in [-0.05, 0) is 183 Å². The molecule has 4 aliphatic rings. The number of nitrogens with zero attached hydrogens (tertiary/aromatic N) is 1. The van der Waals surface area contributed by atoms with Gasteiger partial charge in [-0.15, -0.1) is 0 Å². The second-order valence-electron chi connectivity index (χ2n) is 16.6. The van der Waals surface area contributed by atoms with Gasteiger partial charge in [0.15, 0.2) is 0 Å². The molecule has 2 N–H and O–H groups in total. The standard InChI is InChI=1S/C11H20O.C10H19NO.2C9H17NO.C5H10O.6CH4/c1-3-4-10-5-7-11(8-6-10)9(2)12;1-8(12)7-9-3-5-10(11-2)6-4-9;1-8(11)7-9-3-5-10(2)6-4-9;1-7(11)8-3-5-9(10-2)6-4-8;1-3-4-5(2)6;;;;;;/h10-11H,3-8H2,1-2H3;9-11H,3-7H2,1-2H3;9H,3-7H2,1-2H3;8-10H,3-6H2,1-2H3;3-4H2,1-2H3;6*1H4. The zero-order chi connectivity index (χ0) is 39.5. The Balaban J connectivity index is -0.000000111. The summed E-state index contributed by atoms with van der Waals surface area (Å²) in [6.07, 6.45) is 22.7. The summed E-state index contributed by atoms with van der Waals surface area (Å²) in [4.78, 5) is 56.0. The number of Topliss-reactive ketones (excluding diaryl/α,β-unsaturated/α-hetero) is 5. The lowest BCUT2D eigenvalue weighted by Crippen LogP contribution is -2.31. The predicted molar refractivity (Wildman–Crippen MR) is 258 cm³/mol. The molecule has 58 heavy (non-hydrogen) atoms. The zero-order valence-electron chi connectivity index (χ0n) is 35.6. The molecule has 0 radical (unpaired) electrons. The Morgan fingerprint density at radius 2 is 0.793 bits per heavy atom. The third-order valence-electron chi connectivity index (χ3n) is 11.7. The van der Waals surface area contributed by atoms with Gasteiger partial charge >= 0.3 is 0 Å². The first kappa shape index (κ1) is 70.8. The average molecular weight is 830 g/mol. The van der Waals surface area contributed by atoms with Gasteiger partial charge in [-0.1, -0.05) is 71.2 Å². The van der Waals surface area contributed by atoms with Crippen LogP contribution in [0.3, 0.4) is 0 Å². The molecule has 0 unspecified atom stereocenters. The van der Waals surface area contributed by atoms with E-state index >= 15 is 0 Å². The summed E-state index contributed by atoms with van der Waals surface area (Å²) in [5.74, 6) is 4.79. The SMILES string of the molecule is C.C.C.C.C.C.CC(=O)CC1CCN(C)CC1.CCCC(C)=O.CCCC1CCC(C(C)=O)CC1.CNC1CCC(C(C)=O)CC1.CNC1CCC(CC(C)=O)CC1. The first-order chi connectivity index (χ1) is 24.6. The molecule has 8 heteroatoms. The van der Waals surface area contributed by atoms with Crippen molar-refractivity contribution in [2.45, 2.75) is 234 Å². The molecule has 0 spiro atoms. The summed E-state index contributed by atoms with van der Waals surface area (Å²) >= 11 is 0. The van der Waals surface area contributed by atoms with Gasteiger partial charge in [0.2, 0.25) is 0 Å². The Kier molecular flexibility index (Phi) is 52.9. The van der Waals surface area contributed by atoms with Crippen molar-refractivity contribution in [1.29, 1.82) is 0 Å². The fraction of sp³-hybridized carbons (Fsp3) is 0.900. The Morgan fingerprint density at radius 1 is 0.466 bits per heavy atom. The van der Waals surface area contributed by atoms with Gasteiger partial charge in [0.1, 0.15) is 28.9 Å². The minimum Gasteiger partial charge on any atom is -0.317 e. The van der Waals surface area contributed by atoms with Crippen molar-refractivity contribution in [1.82, 2.24) is 15.5 Å². The van der Waals surface area contributed by atoms with Crippen molar-refractivity contribution in [3.05, 3.63) is 0 Å². The minimum absolute atomic E-state index is 0. The van der Waals surface area contributed by atoms with Gasteiger partial charge in [0, 0.05) is 43.2 Å². The van der Waals surface area contributed by atoms with Gasteiger partial charge in [0.05, 0.1) is 0 Å². The van der Waals surface area contributed by atoms with Gasteiger partial charge in [-0.25, -0.2) is 0 Å². The highest BCUT2D eigenvalue weighted by atomic mass is 16.1. The van der Waals surface area contributed by atoms with Crippen LogP contribution in [-0.2, 0) is 24.0 Å². The number of ketones is 5. The third kappa shape index (κ3) is 37.2. The van der Waals surface area contributed by atoms with Crippen molar-refractivity contribution >= 4 is 28.9 Å². The normalized spacial score (nSPS) is 23.6. The van der Waals surface area contributed by atoms with Crippen molar-refractivity contribution in [3.8, 4) is 0 Å². The minimum atomic E-state index is 0. The first-order valence-electron chi connectivity index (χ1n) is 21.2. The first-order valence-corrected chi connectivity index (χ1v) is 21.2. The van der Waals surface area contributed by atoms with Crippen LogP contribution in [0.5, 0.6) is 0 Å². The number of carbonyl (C=O) groups excluding carboxylic acids is 5. The van der Waals surface area contributed by atoms with E-state index in [0.717, 1.165) is 70.4 Å². The van der Waals surface area contributed by atoms with Crippen LogP contribution in [0.2, 0.25) is 0 Å². The highest BCUT2D eigenvalue weighted by molar-refractivity contribution is 5.78. The molecule has 0 aromatic carbocycles. The molecule has 1 heterocycles. The molecule has 0 aromatic rings. The van der Waals surface area contributed by atoms with Gasteiger partial charge in [-0.3, -0.25) is 9.59 Å². The van der Waals surface area contributed by atoms with E-state index in [0.29, 0.717) is 58.9 Å². The number of hydrogen-bond acceptors (Lipinski definition) is 8. The van der Waals surface area contributed by atoms with Gasteiger partial charge in [0.25, 0.3) is 0 Å². The molecule has 0 amide bonds. The number of piperidine rings is 1. The average Bonchev–Trinajstić information content (AvgIpc) is 3.11. The lowest BCUT2D eigenvalue weighted by Gasteiger charge is -2.28. The molecular formula is C50H107N3O5. The summed E-state index contributed by atoms with van der Waals surface area (Å²) in [6.45, 7) is 15.0. The molecule has 0 aromatic heterocycles. The van der Waals surface area contributed by atoms with E-state index < -0.39 is 0 Å². The lowest BCUT2D eigenvalue weighted by atomic mass is 9.79. The molecular weight excluding hydrogens is 723 g/mol. The fourth-order valence-electron chi connectivity index (χ4n) is 8.14. The highest BCUT2D eigenvalue weighted by Crippen LogP contribution is 2.32. The molecule has 1 saturated heterocycles. The quantitative estimate of drug-likeness (QED) is 0.200. The van der Waals surface area contributed by atoms with Gasteiger partial charge in [-0.2, -0.15) is 0 Å². The predicted octanol–water partition coefficient (Wildman–Crippen LogP) is 12.8. The van der Waals surface area contributed by atoms with E-state index in [1.807, 2.05) is 21.0 Å². The Hall–Kier alpha value is -1.77. The van der Waals surface area contributed by atoms with Crippen LogP contribution in [0.15, 0.2) is 0 Å². The molecule has 4 fully saturated rings. The van der Waals surface area contributed by atoms with Crippen molar-refractivity contribution in [3.63, 3.8) is 0 Å². The Labute approximate surface area is 364 Å². The maximum absolute atomic E-state index is 11.1. The largest absolute Gasteiger partial charge is 0.317 e. The molecule has 0 bridgehead atoms. The molecule has 4 rings (SSSR count).